The summed E-state index contributed by atoms with van der Waals surface area (Å²) in [6.45, 7) is 0.880. The summed E-state index contributed by atoms with van der Waals surface area (Å²) in [6, 6.07) is 0.794. The van der Waals surface area contributed by atoms with Crippen LogP contribution in [0, 0.1) is 11.3 Å². The summed E-state index contributed by atoms with van der Waals surface area (Å²) in [5.41, 5.74) is -2.14. The van der Waals surface area contributed by atoms with Gasteiger partial charge in [0.15, 0.2) is 0 Å². The van der Waals surface area contributed by atoms with Crippen LogP contribution >= 0.6 is 0 Å². The van der Waals surface area contributed by atoms with E-state index in [0.29, 0.717) is 19.6 Å². The van der Waals surface area contributed by atoms with E-state index in [9.17, 15) is 23.1 Å². The van der Waals surface area contributed by atoms with Gasteiger partial charge in [0.2, 0.25) is 5.95 Å². The van der Waals surface area contributed by atoms with Gasteiger partial charge in [-0.25, -0.2) is 9.97 Å². The molecule has 0 unspecified atom stereocenters. The Kier molecular flexibility index (Phi) is 3.47. The molecule has 0 aromatic carbocycles. The zero-order valence-electron chi connectivity index (χ0n) is 11.5. The van der Waals surface area contributed by atoms with Crippen molar-refractivity contribution in [2.24, 2.45) is 11.3 Å². The molecule has 22 heavy (non-hydrogen) atoms. The molecule has 2 aliphatic rings. The van der Waals surface area contributed by atoms with E-state index < -0.39 is 23.3 Å². The monoisotopic (exact) mass is 317 g/mol. The molecule has 0 aliphatic carbocycles. The van der Waals surface area contributed by atoms with Gasteiger partial charge >= 0.3 is 12.1 Å². The van der Waals surface area contributed by atoms with E-state index in [0.717, 1.165) is 12.3 Å². The molecule has 2 saturated heterocycles. The number of hydrogen-bond donors (Lipinski definition) is 1. The third-order valence-electron chi connectivity index (χ3n) is 4.31. The number of halogens is 3. The van der Waals surface area contributed by atoms with Crippen LogP contribution in [-0.2, 0) is 15.7 Å². The molecular weight excluding hydrogens is 303 g/mol. The molecule has 2 aliphatic heterocycles. The molecule has 6 nitrogen and oxygen atoms in total. The molecule has 3 rings (SSSR count). The molecule has 1 aromatic heterocycles. The molecule has 1 aromatic rings. The minimum Gasteiger partial charge on any atom is -0.481 e. The number of alkyl halides is 3. The Bertz CT molecular complexity index is 595. The number of ether oxygens (including phenoxy) is 1. The van der Waals surface area contributed by atoms with Gasteiger partial charge < -0.3 is 14.7 Å². The van der Waals surface area contributed by atoms with Gasteiger partial charge in [0.25, 0.3) is 0 Å². The largest absolute Gasteiger partial charge is 0.481 e. The maximum absolute atomic E-state index is 12.7. The summed E-state index contributed by atoms with van der Waals surface area (Å²) in [5, 5.41) is 9.52. The second kappa shape index (κ2) is 5.08. The summed E-state index contributed by atoms with van der Waals surface area (Å²) in [4.78, 5) is 20.5. The van der Waals surface area contributed by atoms with Gasteiger partial charge in [-0.2, -0.15) is 13.2 Å². The summed E-state index contributed by atoms with van der Waals surface area (Å²) in [6.07, 6.45) is -2.96. The van der Waals surface area contributed by atoms with Crippen molar-refractivity contribution >= 4 is 11.9 Å². The standard InChI is InChI=1S/C13H14F3N3O3/c14-13(15,16)9-1-3-17-11(18-9)19-5-8-2-4-22-7-12(8,6-19)10(20)21/h1,3,8H,2,4-7H2,(H,20,21)/t8-,12+/m0/s1. The highest BCUT2D eigenvalue weighted by Crippen LogP contribution is 2.42. The first-order valence-electron chi connectivity index (χ1n) is 6.79. The van der Waals surface area contributed by atoms with Crippen LogP contribution in [0.25, 0.3) is 0 Å². The summed E-state index contributed by atoms with van der Waals surface area (Å²) < 4.78 is 43.5. The van der Waals surface area contributed by atoms with E-state index in [1.807, 2.05) is 0 Å². The van der Waals surface area contributed by atoms with E-state index >= 15 is 0 Å². The van der Waals surface area contributed by atoms with E-state index in [4.69, 9.17) is 4.74 Å². The molecule has 0 spiro atoms. The number of anilines is 1. The Labute approximate surface area is 123 Å². The first kappa shape index (κ1) is 15.0. The Hall–Kier alpha value is -1.90. The second-order valence-corrected chi connectivity index (χ2v) is 5.62. The topological polar surface area (TPSA) is 75.6 Å². The van der Waals surface area contributed by atoms with Crippen LogP contribution in [-0.4, -0.2) is 47.3 Å². The average molecular weight is 317 g/mol. The van der Waals surface area contributed by atoms with E-state index in [1.54, 1.807) is 0 Å². The Morgan fingerprint density at radius 3 is 2.91 bits per heavy atom. The van der Waals surface area contributed by atoms with Gasteiger partial charge in [0.1, 0.15) is 11.1 Å². The van der Waals surface area contributed by atoms with E-state index in [1.165, 1.54) is 4.90 Å². The summed E-state index contributed by atoms with van der Waals surface area (Å²) in [5.74, 6) is -1.27. The number of aromatic nitrogens is 2. The quantitative estimate of drug-likeness (QED) is 0.889. The first-order chi connectivity index (χ1) is 10.3. The smallest absolute Gasteiger partial charge is 0.433 e. The van der Waals surface area contributed by atoms with Crippen molar-refractivity contribution in [1.82, 2.24) is 9.97 Å². The summed E-state index contributed by atoms with van der Waals surface area (Å²) >= 11 is 0. The van der Waals surface area contributed by atoms with Crippen molar-refractivity contribution in [3.05, 3.63) is 18.0 Å². The fourth-order valence-electron chi connectivity index (χ4n) is 3.10. The molecule has 0 saturated carbocycles. The van der Waals surface area contributed by atoms with Crippen LogP contribution < -0.4 is 4.90 Å². The maximum atomic E-state index is 12.7. The molecule has 1 N–H and O–H groups in total. The zero-order valence-corrected chi connectivity index (χ0v) is 11.5. The lowest BCUT2D eigenvalue weighted by Crippen LogP contribution is -2.46. The molecule has 2 fully saturated rings. The van der Waals surface area contributed by atoms with Gasteiger partial charge in [0, 0.05) is 25.9 Å². The second-order valence-electron chi connectivity index (χ2n) is 5.62. The lowest BCUT2D eigenvalue weighted by Gasteiger charge is -2.33. The van der Waals surface area contributed by atoms with Crippen molar-refractivity contribution in [3.8, 4) is 0 Å². The van der Waals surface area contributed by atoms with Gasteiger partial charge in [0.05, 0.1) is 6.61 Å². The molecule has 2 atom stereocenters. The number of nitrogens with zero attached hydrogens (tertiary/aromatic N) is 3. The van der Waals surface area contributed by atoms with Gasteiger partial charge in [-0.05, 0) is 18.4 Å². The van der Waals surface area contributed by atoms with Crippen molar-refractivity contribution < 1.29 is 27.8 Å². The highest BCUT2D eigenvalue weighted by molar-refractivity contribution is 5.77. The van der Waals surface area contributed by atoms with E-state index in [2.05, 4.69) is 9.97 Å². The predicted molar refractivity (Wildman–Crippen MR) is 68.2 cm³/mol. The van der Waals surface area contributed by atoms with Gasteiger partial charge in [-0.1, -0.05) is 0 Å². The molecule has 0 radical (unpaired) electrons. The molecule has 3 heterocycles. The fourth-order valence-corrected chi connectivity index (χ4v) is 3.10. The number of aliphatic carboxylic acids is 1. The van der Waals surface area contributed by atoms with Crippen LogP contribution in [0.2, 0.25) is 0 Å². The molecular formula is C13H14F3N3O3. The number of carbonyl (C=O) groups is 1. The third-order valence-corrected chi connectivity index (χ3v) is 4.31. The third kappa shape index (κ3) is 2.39. The van der Waals surface area contributed by atoms with E-state index in [-0.39, 0.29) is 25.0 Å². The average Bonchev–Trinajstić information content (AvgIpc) is 2.87. The van der Waals surface area contributed by atoms with Gasteiger partial charge in [-0.3, -0.25) is 4.79 Å². The molecule has 9 heteroatoms. The minimum atomic E-state index is -4.56. The number of fused-ring (bicyclic) bond motifs is 1. The van der Waals surface area contributed by atoms with Crippen molar-refractivity contribution in [1.29, 1.82) is 0 Å². The van der Waals surface area contributed by atoms with Crippen LogP contribution in [0.1, 0.15) is 12.1 Å². The van der Waals surface area contributed by atoms with Crippen LogP contribution in [0.3, 0.4) is 0 Å². The van der Waals surface area contributed by atoms with Crippen LogP contribution in [0.4, 0.5) is 19.1 Å². The SMILES string of the molecule is O=C(O)[C@]12COCC[C@H]1CN(c1nccc(C(F)(F)F)n1)C2. The minimum absolute atomic E-state index is 0.0499. The highest BCUT2D eigenvalue weighted by Gasteiger charge is 2.54. The number of rotatable bonds is 2. The number of carboxylic acid groups (broad SMARTS) is 1. The Morgan fingerprint density at radius 2 is 2.27 bits per heavy atom. The molecule has 120 valence electrons. The van der Waals surface area contributed by atoms with Crippen LogP contribution in [0.5, 0.6) is 0 Å². The van der Waals surface area contributed by atoms with Crippen molar-refractivity contribution in [2.75, 3.05) is 31.2 Å². The Balaban J connectivity index is 1.90. The van der Waals surface area contributed by atoms with Crippen LogP contribution in [0.15, 0.2) is 12.3 Å². The van der Waals surface area contributed by atoms with Gasteiger partial charge in [-0.15, -0.1) is 0 Å². The Morgan fingerprint density at radius 1 is 1.50 bits per heavy atom. The van der Waals surface area contributed by atoms with Crippen molar-refractivity contribution in [2.45, 2.75) is 12.6 Å². The lowest BCUT2D eigenvalue weighted by atomic mass is 9.76. The maximum Gasteiger partial charge on any atom is 0.433 e. The normalized spacial score (nSPS) is 28.5. The molecule has 0 bridgehead atoms. The lowest BCUT2D eigenvalue weighted by molar-refractivity contribution is -0.159. The zero-order chi connectivity index (χ0) is 16.0. The molecule has 0 amide bonds. The first-order valence-corrected chi connectivity index (χ1v) is 6.79. The van der Waals surface area contributed by atoms with Crippen molar-refractivity contribution in [3.63, 3.8) is 0 Å². The fraction of sp³-hybridized carbons (Fsp3) is 0.615. The summed E-state index contributed by atoms with van der Waals surface area (Å²) in [7, 11) is 0. The number of carboxylic acids is 1. The highest BCUT2D eigenvalue weighted by atomic mass is 19.4. The number of hydrogen-bond acceptors (Lipinski definition) is 5. The predicted octanol–water partition coefficient (Wildman–Crippen LogP) is 1.42.